The van der Waals surface area contributed by atoms with Crippen LogP contribution in [0.15, 0.2) is 42.5 Å². The van der Waals surface area contributed by atoms with Crippen molar-refractivity contribution in [2.24, 2.45) is 17.8 Å². The van der Waals surface area contributed by atoms with Gasteiger partial charge in [-0.1, -0.05) is 114 Å². The third-order valence-corrected chi connectivity index (χ3v) is 9.29. The van der Waals surface area contributed by atoms with Crippen molar-refractivity contribution >= 4 is 11.4 Å². The molecule has 0 bridgehead atoms. The predicted octanol–water partition coefficient (Wildman–Crippen LogP) is 9.74. The second kappa shape index (κ2) is 13.4. The summed E-state index contributed by atoms with van der Waals surface area (Å²) in [5.74, 6) is 3.69. The fourth-order valence-electron chi connectivity index (χ4n) is 6.97. The van der Waals surface area contributed by atoms with Gasteiger partial charge in [-0.05, 0) is 72.6 Å². The molecule has 192 valence electrons. The Kier molecular flexibility index (Phi) is 9.98. The van der Waals surface area contributed by atoms with Crippen molar-refractivity contribution in [2.45, 2.75) is 116 Å². The van der Waals surface area contributed by atoms with E-state index in [2.05, 4.69) is 31.2 Å². The van der Waals surface area contributed by atoms with Crippen molar-refractivity contribution in [2.75, 3.05) is 11.5 Å². The first-order chi connectivity index (χ1) is 17.1. The van der Waals surface area contributed by atoms with E-state index in [0.29, 0.717) is 5.92 Å². The molecule has 2 saturated carbocycles. The van der Waals surface area contributed by atoms with Crippen LogP contribution in [0.25, 0.3) is 11.1 Å². The number of unbranched alkanes of at least 4 members (excludes halogenated alkanes) is 4. The molecule has 0 unspecified atom stereocenters. The number of rotatable bonds is 11. The van der Waals surface area contributed by atoms with Gasteiger partial charge in [-0.15, -0.1) is 0 Å². The highest BCUT2D eigenvalue weighted by molar-refractivity contribution is 5.86. The van der Waals surface area contributed by atoms with E-state index in [4.69, 9.17) is 11.5 Å². The fraction of sp³-hybridized carbons (Fsp3) is 0.636. The summed E-state index contributed by atoms with van der Waals surface area (Å²) in [5.41, 5.74) is 17.7. The van der Waals surface area contributed by atoms with E-state index in [-0.39, 0.29) is 0 Å². The van der Waals surface area contributed by atoms with E-state index in [1.165, 1.54) is 108 Å². The van der Waals surface area contributed by atoms with Gasteiger partial charge >= 0.3 is 0 Å². The number of hydrogen-bond donors (Lipinski definition) is 2. The van der Waals surface area contributed by atoms with Gasteiger partial charge in [0.2, 0.25) is 0 Å². The summed E-state index contributed by atoms with van der Waals surface area (Å²) in [6.07, 6.45) is 23.2. The normalized spacial score (nSPS) is 24.9. The maximum atomic E-state index is 6.26. The van der Waals surface area contributed by atoms with Crippen LogP contribution in [-0.4, -0.2) is 0 Å². The zero-order chi connectivity index (χ0) is 24.5. The van der Waals surface area contributed by atoms with Crippen LogP contribution in [0.2, 0.25) is 0 Å². The Balaban J connectivity index is 1.17. The van der Waals surface area contributed by atoms with Crippen molar-refractivity contribution in [1.29, 1.82) is 0 Å². The SMILES string of the molecule is CCCCCCCC1CCC(CCC2CCC(c3cccc(-c4c(N)cccc4N)c3)CC2)CC1. The van der Waals surface area contributed by atoms with E-state index in [1.807, 2.05) is 18.2 Å². The quantitative estimate of drug-likeness (QED) is 0.251. The lowest BCUT2D eigenvalue weighted by atomic mass is 9.73. The number of benzene rings is 2. The maximum Gasteiger partial charge on any atom is 0.0414 e. The number of nitrogen functional groups attached to an aromatic ring is 2. The standard InChI is InChI=1S/C33H50N2/c1-2-3-4-5-6-9-25-14-16-26(17-15-25)18-19-27-20-22-28(23-21-27)29-10-7-11-30(24-29)33-31(34)12-8-13-32(33)35/h7-8,10-13,24-28H,2-6,9,14-23,34-35H2,1H3. The second-order valence-corrected chi connectivity index (χ2v) is 11.8. The third-order valence-electron chi connectivity index (χ3n) is 9.29. The zero-order valence-corrected chi connectivity index (χ0v) is 22.3. The molecule has 0 saturated heterocycles. The van der Waals surface area contributed by atoms with Gasteiger partial charge in [-0.2, -0.15) is 0 Å². The first-order valence-electron chi connectivity index (χ1n) is 14.9. The Morgan fingerprint density at radius 3 is 1.80 bits per heavy atom. The van der Waals surface area contributed by atoms with Gasteiger partial charge in [0, 0.05) is 16.9 Å². The van der Waals surface area contributed by atoms with Gasteiger partial charge in [0.05, 0.1) is 0 Å². The van der Waals surface area contributed by atoms with Gasteiger partial charge in [0.1, 0.15) is 0 Å². The summed E-state index contributed by atoms with van der Waals surface area (Å²) in [4.78, 5) is 0. The lowest BCUT2D eigenvalue weighted by molar-refractivity contribution is 0.222. The molecule has 35 heavy (non-hydrogen) atoms. The van der Waals surface area contributed by atoms with Crippen LogP contribution in [0.4, 0.5) is 11.4 Å². The Labute approximate surface area is 215 Å². The van der Waals surface area contributed by atoms with E-state index < -0.39 is 0 Å². The zero-order valence-electron chi connectivity index (χ0n) is 22.3. The molecule has 0 atom stereocenters. The maximum absolute atomic E-state index is 6.26. The third kappa shape index (κ3) is 7.51. The fourth-order valence-corrected chi connectivity index (χ4v) is 6.97. The van der Waals surface area contributed by atoms with Crippen LogP contribution in [0.1, 0.15) is 121 Å². The van der Waals surface area contributed by atoms with Gasteiger partial charge in [0.15, 0.2) is 0 Å². The van der Waals surface area contributed by atoms with Crippen LogP contribution < -0.4 is 11.5 Å². The highest BCUT2D eigenvalue weighted by atomic mass is 14.6. The Bertz CT molecular complexity index is 867. The summed E-state index contributed by atoms with van der Waals surface area (Å²) in [7, 11) is 0. The molecule has 4 N–H and O–H groups in total. The van der Waals surface area contributed by atoms with Gasteiger partial charge < -0.3 is 11.5 Å². The Morgan fingerprint density at radius 2 is 1.17 bits per heavy atom. The van der Waals surface area contributed by atoms with Crippen molar-refractivity contribution in [3.05, 3.63) is 48.0 Å². The smallest absolute Gasteiger partial charge is 0.0414 e. The number of nitrogens with two attached hydrogens (primary N) is 2. The van der Waals surface area contributed by atoms with Gasteiger partial charge in [-0.3, -0.25) is 0 Å². The molecule has 0 amide bonds. The molecule has 0 radical (unpaired) electrons. The predicted molar refractivity (Wildman–Crippen MR) is 153 cm³/mol. The molecule has 2 nitrogen and oxygen atoms in total. The highest BCUT2D eigenvalue weighted by Crippen LogP contribution is 2.41. The molecule has 0 heterocycles. The van der Waals surface area contributed by atoms with Crippen LogP contribution in [0, 0.1) is 17.8 Å². The lowest BCUT2D eigenvalue weighted by Crippen LogP contribution is -2.18. The molecule has 2 aliphatic rings. The van der Waals surface area contributed by atoms with Gasteiger partial charge in [-0.25, -0.2) is 0 Å². The summed E-state index contributed by atoms with van der Waals surface area (Å²) in [5, 5.41) is 0. The first-order valence-corrected chi connectivity index (χ1v) is 14.9. The minimum atomic E-state index is 0.685. The average Bonchev–Trinajstić information content (AvgIpc) is 2.88. The van der Waals surface area contributed by atoms with E-state index >= 15 is 0 Å². The molecule has 0 spiro atoms. The molecule has 2 heteroatoms. The van der Waals surface area contributed by atoms with Crippen LogP contribution in [-0.2, 0) is 0 Å². The first kappa shape index (κ1) is 26.1. The average molecular weight is 475 g/mol. The van der Waals surface area contributed by atoms with Crippen LogP contribution >= 0.6 is 0 Å². The summed E-state index contributed by atoms with van der Waals surface area (Å²) < 4.78 is 0. The van der Waals surface area contributed by atoms with Crippen molar-refractivity contribution in [1.82, 2.24) is 0 Å². The van der Waals surface area contributed by atoms with Crippen molar-refractivity contribution < 1.29 is 0 Å². The monoisotopic (exact) mass is 474 g/mol. The highest BCUT2D eigenvalue weighted by Gasteiger charge is 2.25. The molecule has 4 rings (SSSR count). The van der Waals surface area contributed by atoms with E-state index in [0.717, 1.165) is 40.3 Å². The van der Waals surface area contributed by atoms with E-state index in [9.17, 15) is 0 Å². The number of anilines is 2. The largest absolute Gasteiger partial charge is 0.398 e. The topological polar surface area (TPSA) is 52.0 Å². The summed E-state index contributed by atoms with van der Waals surface area (Å²) in [6.45, 7) is 2.31. The molecular formula is C33H50N2. The van der Waals surface area contributed by atoms with Crippen LogP contribution in [0.3, 0.4) is 0 Å². The molecule has 2 aromatic rings. The minimum absolute atomic E-state index is 0.685. The van der Waals surface area contributed by atoms with Crippen molar-refractivity contribution in [3.63, 3.8) is 0 Å². The minimum Gasteiger partial charge on any atom is -0.398 e. The van der Waals surface area contributed by atoms with E-state index in [1.54, 1.807) is 0 Å². The molecular weight excluding hydrogens is 424 g/mol. The van der Waals surface area contributed by atoms with Crippen LogP contribution in [0.5, 0.6) is 0 Å². The Morgan fingerprint density at radius 1 is 0.629 bits per heavy atom. The molecule has 2 aromatic carbocycles. The van der Waals surface area contributed by atoms with Crippen molar-refractivity contribution in [3.8, 4) is 11.1 Å². The molecule has 0 aliphatic heterocycles. The molecule has 0 aromatic heterocycles. The summed E-state index contributed by atoms with van der Waals surface area (Å²) in [6, 6.07) is 14.8. The second-order valence-electron chi connectivity index (χ2n) is 11.8. The summed E-state index contributed by atoms with van der Waals surface area (Å²) >= 11 is 0. The lowest BCUT2D eigenvalue weighted by Gasteiger charge is -2.32. The molecule has 2 fully saturated rings. The number of hydrogen-bond acceptors (Lipinski definition) is 2. The molecule has 2 aliphatic carbocycles. The Hall–Kier alpha value is -1.96. The van der Waals surface area contributed by atoms with Gasteiger partial charge in [0.25, 0.3) is 0 Å².